The van der Waals surface area contributed by atoms with Crippen LogP contribution in [0.25, 0.3) is 0 Å². The van der Waals surface area contributed by atoms with Crippen molar-refractivity contribution in [2.75, 3.05) is 12.3 Å². The van der Waals surface area contributed by atoms with Gasteiger partial charge in [-0.2, -0.15) is 10.1 Å². The Bertz CT molecular complexity index is 1170. The van der Waals surface area contributed by atoms with Gasteiger partial charge in [-0.3, -0.25) is 13.9 Å². The lowest BCUT2D eigenvalue weighted by atomic mass is 10.2. The lowest BCUT2D eigenvalue weighted by Gasteiger charge is -2.25. The highest BCUT2D eigenvalue weighted by atomic mass is 35.5. The monoisotopic (exact) mass is 564 g/mol. The maximum absolute atomic E-state index is 13.6. The van der Waals surface area contributed by atoms with Crippen molar-refractivity contribution >= 4 is 42.7 Å². The Labute approximate surface area is 217 Å². The second kappa shape index (κ2) is 11.5. The quantitative estimate of drug-likeness (QED) is 0.220. The number of anilines is 1. The zero-order valence-corrected chi connectivity index (χ0v) is 22.0. The van der Waals surface area contributed by atoms with Crippen LogP contribution in [0, 0.1) is 0 Å². The summed E-state index contributed by atoms with van der Waals surface area (Å²) >= 11 is 12.6. The molecule has 0 bridgehead atoms. The van der Waals surface area contributed by atoms with Gasteiger partial charge in [-0.15, -0.1) is 0 Å². The van der Waals surface area contributed by atoms with E-state index in [0.717, 1.165) is 4.57 Å². The molecule has 1 aliphatic rings. The molecule has 3 rings (SSSR count). The molecular weight excluding hydrogens is 538 g/mol. The van der Waals surface area contributed by atoms with Crippen LogP contribution in [0.5, 0.6) is 5.75 Å². The van der Waals surface area contributed by atoms with Gasteiger partial charge >= 0.3 is 19.4 Å². The number of benzene rings is 1. The lowest BCUT2D eigenvalue weighted by Crippen LogP contribution is -2.40. The van der Waals surface area contributed by atoms with Gasteiger partial charge in [-0.1, -0.05) is 41.4 Å². The molecule has 0 radical (unpaired) electrons. The number of aliphatic hydroxyl groups excluding tert-OH is 1. The number of aromatic nitrogens is 2. The molecule has 2 aromatic rings. The van der Waals surface area contributed by atoms with Crippen LogP contribution < -0.4 is 21.0 Å². The normalized spacial score (nSPS) is 23.7. The average molecular weight is 565 g/mol. The molecule has 5 unspecified atom stereocenters. The predicted octanol–water partition coefficient (Wildman–Crippen LogP) is 2.39. The van der Waals surface area contributed by atoms with E-state index in [1.165, 1.54) is 31.3 Å². The number of para-hydroxylation sites is 1. The fourth-order valence-electron chi connectivity index (χ4n) is 3.22. The molecule has 1 aromatic heterocycles. The first-order chi connectivity index (χ1) is 16.8. The van der Waals surface area contributed by atoms with E-state index < -0.39 is 60.9 Å². The van der Waals surface area contributed by atoms with Crippen molar-refractivity contribution in [1.82, 2.24) is 14.6 Å². The van der Waals surface area contributed by atoms with Crippen LogP contribution in [0.15, 0.2) is 47.4 Å². The molecule has 36 heavy (non-hydrogen) atoms. The minimum atomic E-state index is -4.25. The topological polar surface area (TPSA) is 164 Å². The predicted molar refractivity (Wildman–Crippen MR) is 132 cm³/mol. The van der Waals surface area contributed by atoms with Crippen molar-refractivity contribution < 1.29 is 33.0 Å². The number of halogens is 2. The molecule has 2 heterocycles. The first-order valence-electron chi connectivity index (χ1n) is 10.9. The number of nitrogens with one attached hydrogen (secondary N) is 1. The number of esters is 1. The molecule has 0 aliphatic carbocycles. The van der Waals surface area contributed by atoms with E-state index in [4.69, 9.17) is 47.5 Å². The van der Waals surface area contributed by atoms with E-state index in [2.05, 4.69) is 10.1 Å². The van der Waals surface area contributed by atoms with Crippen molar-refractivity contribution in [3.63, 3.8) is 0 Å². The van der Waals surface area contributed by atoms with Gasteiger partial charge in [0.25, 0.3) is 0 Å². The fourth-order valence-corrected chi connectivity index (χ4v) is 5.31. The standard InChI is InChI=1S/C21H27Cl2N4O8P/c1-12(2)33-18(29)13(3)26-36(31,35-14-7-5-4-6-8-14)32-11-15-17(28)21(22,23)19(34-15)27-10-9-16(24)25-20(27)30/h4-10,12-13,15,17,19,28H,11H2,1-3H3,(H,26,31)(H2,24,25,30). The van der Waals surface area contributed by atoms with Crippen LogP contribution >= 0.6 is 30.9 Å². The Morgan fingerprint density at radius 3 is 2.58 bits per heavy atom. The number of nitrogens with zero attached hydrogens (tertiary/aromatic N) is 2. The third-order valence-corrected chi connectivity index (χ3v) is 7.38. The third-order valence-electron chi connectivity index (χ3n) is 4.92. The van der Waals surface area contributed by atoms with Gasteiger partial charge in [-0.25, -0.2) is 9.36 Å². The number of aliphatic hydroxyl groups is 1. The Morgan fingerprint density at radius 1 is 1.31 bits per heavy atom. The second-order valence-corrected chi connectivity index (χ2v) is 11.4. The van der Waals surface area contributed by atoms with Gasteiger partial charge < -0.3 is 24.8 Å². The van der Waals surface area contributed by atoms with E-state index >= 15 is 0 Å². The molecular formula is C21H27Cl2N4O8P. The lowest BCUT2D eigenvalue weighted by molar-refractivity contribution is -0.149. The molecule has 1 fully saturated rings. The molecule has 1 aliphatic heterocycles. The summed E-state index contributed by atoms with van der Waals surface area (Å²) in [6.45, 7) is 4.22. The van der Waals surface area contributed by atoms with Crippen molar-refractivity contribution in [3.8, 4) is 5.75 Å². The largest absolute Gasteiger partial charge is 0.462 e. The van der Waals surface area contributed by atoms with Gasteiger partial charge in [0.1, 0.15) is 29.8 Å². The summed E-state index contributed by atoms with van der Waals surface area (Å²) in [7, 11) is -4.25. The van der Waals surface area contributed by atoms with Gasteiger partial charge in [0.15, 0.2) is 10.6 Å². The summed E-state index contributed by atoms with van der Waals surface area (Å²) in [4.78, 5) is 28.1. The number of rotatable bonds is 10. The zero-order valence-electron chi connectivity index (χ0n) is 19.6. The SMILES string of the molecule is CC(C)OC(=O)C(C)NP(=O)(OCC1OC(n2ccc(N)nc2=O)C(Cl)(Cl)C1O)Oc1ccccc1. The van der Waals surface area contributed by atoms with Crippen molar-refractivity contribution in [2.45, 2.75) is 55.7 Å². The highest BCUT2D eigenvalue weighted by molar-refractivity contribution is 7.52. The number of nitrogens with two attached hydrogens (primary N) is 1. The smallest absolute Gasteiger partial charge is 0.459 e. The van der Waals surface area contributed by atoms with Crippen LogP contribution in [0.4, 0.5) is 5.82 Å². The van der Waals surface area contributed by atoms with Crippen LogP contribution in [0.1, 0.15) is 27.0 Å². The number of hydrogen-bond donors (Lipinski definition) is 3. The third kappa shape index (κ3) is 6.77. The number of carbonyl (C=O) groups excluding carboxylic acids is 1. The van der Waals surface area contributed by atoms with Crippen LogP contribution in [-0.4, -0.2) is 55.9 Å². The van der Waals surface area contributed by atoms with Crippen LogP contribution in [0.2, 0.25) is 0 Å². The van der Waals surface area contributed by atoms with E-state index in [1.807, 2.05) is 0 Å². The number of nitrogen functional groups attached to an aromatic ring is 1. The second-order valence-electron chi connectivity index (χ2n) is 8.22. The van der Waals surface area contributed by atoms with Crippen LogP contribution in [0.3, 0.4) is 0 Å². The minimum absolute atomic E-state index is 0.0281. The maximum atomic E-state index is 13.6. The molecule has 0 amide bonds. The summed E-state index contributed by atoms with van der Waals surface area (Å²) in [6.07, 6.45) is -3.33. The molecule has 0 spiro atoms. The fraction of sp³-hybridized carbons (Fsp3) is 0.476. The zero-order chi connectivity index (χ0) is 26.7. The molecule has 1 saturated heterocycles. The van der Waals surface area contributed by atoms with E-state index in [1.54, 1.807) is 32.0 Å². The summed E-state index contributed by atoms with van der Waals surface area (Å²) in [6, 6.07) is 8.35. The van der Waals surface area contributed by atoms with Crippen molar-refractivity contribution in [3.05, 3.63) is 53.1 Å². The summed E-state index contributed by atoms with van der Waals surface area (Å²) in [5.74, 6) is -0.523. The number of carbonyl (C=O) groups is 1. The summed E-state index contributed by atoms with van der Waals surface area (Å²) in [5, 5.41) is 13.2. The van der Waals surface area contributed by atoms with Crippen LogP contribution in [-0.2, 0) is 23.4 Å². The molecule has 15 heteroatoms. The summed E-state index contributed by atoms with van der Waals surface area (Å²) in [5.41, 5.74) is 4.70. The minimum Gasteiger partial charge on any atom is -0.462 e. The average Bonchev–Trinajstić information content (AvgIpc) is 3.01. The van der Waals surface area contributed by atoms with E-state index in [-0.39, 0.29) is 11.6 Å². The van der Waals surface area contributed by atoms with Crippen molar-refractivity contribution in [2.24, 2.45) is 0 Å². The highest BCUT2D eigenvalue weighted by Crippen LogP contribution is 2.49. The highest BCUT2D eigenvalue weighted by Gasteiger charge is 2.56. The Kier molecular flexibility index (Phi) is 9.05. The first kappa shape index (κ1) is 28.4. The molecule has 0 saturated carbocycles. The summed E-state index contributed by atoms with van der Waals surface area (Å²) < 4.78 is 34.5. The first-order valence-corrected chi connectivity index (χ1v) is 13.2. The van der Waals surface area contributed by atoms with E-state index in [0.29, 0.717) is 0 Å². The molecule has 198 valence electrons. The Morgan fingerprint density at radius 2 is 1.97 bits per heavy atom. The Hall–Kier alpha value is -2.18. The van der Waals surface area contributed by atoms with E-state index in [9.17, 15) is 19.3 Å². The molecule has 5 atom stereocenters. The number of ether oxygens (including phenoxy) is 2. The molecule has 1 aromatic carbocycles. The number of alkyl halides is 2. The molecule has 4 N–H and O–H groups in total. The van der Waals surface area contributed by atoms with Gasteiger partial charge in [0, 0.05) is 6.20 Å². The number of hydrogen-bond acceptors (Lipinski definition) is 10. The van der Waals surface area contributed by atoms with Gasteiger partial charge in [0.2, 0.25) is 0 Å². The molecule has 12 nitrogen and oxygen atoms in total. The van der Waals surface area contributed by atoms with Gasteiger partial charge in [-0.05, 0) is 39.0 Å². The van der Waals surface area contributed by atoms with Crippen molar-refractivity contribution in [1.29, 1.82) is 0 Å². The maximum Gasteiger partial charge on any atom is 0.459 e. The van der Waals surface area contributed by atoms with Gasteiger partial charge in [0.05, 0.1) is 12.7 Å². The Balaban J connectivity index is 1.79.